The van der Waals surface area contributed by atoms with Crippen LogP contribution in [-0.4, -0.2) is 43.9 Å². The van der Waals surface area contributed by atoms with Gasteiger partial charge in [0, 0.05) is 22.9 Å². The van der Waals surface area contributed by atoms with Gasteiger partial charge in [-0.1, -0.05) is 0 Å². The number of anilines is 1. The van der Waals surface area contributed by atoms with Crippen LogP contribution in [0.4, 0.5) is 5.69 Å². The maximum Gasteiger partial charge on any atom is 0.338 e. The van der Waals surface area contributed by atoms with Gasteiger partial charge in [0.2, 0.25) is 0 Å². The molecule has 5 heteroatoms. The van der Waals surface area contributed by atoms with Crippen LogP contribution in [0.2, 0.25) is 0 Å². The minimum atomic E-state index is -0.325. The molecule has 0 saturated heterocycles. The summed E-state index contributed by atoms with van der Waals surface area (Å²) in [7, 11) is 4.07. The molecule has 18 heavy (non-hydrogen) atoms. The van der Waals surface area contributed by atoms with E-state index >= 15 is 0 Å². The molecule has 0 fully saturated rings. The van der Waals surface area contributed by atoms with Crippen LogP contribution in [0.25, 0.3) is 0 Å². The molecule has 0 aliphatic heterocycles. The smallest absolute Gasteiger partial charge is 0.338 e. The Hall–Kier alpha value is -1.20. The van der Waals surface area contributed by atoms with E-state index in [1.165, 1.54) is 0 Å². The monoisotopic (exact) mass is 268 g/mol. The highest BCUT2D eigenvalue weighted by molar-refractivity contribution is 7.99. The van der Waals surface area contributed by atoms with Crippen LogP contribution in [0.1, 0.15) is 17.3 Å². The molecule has 0 radical (unpaired) electrons. The van der Waals surface area contributed by atoms with Crippen LogP contribution in [0.5, 0.6) is 0 Å². The summed E-state index contributed by atoms with van der Waals surface area (Å²) in [5, 5.41) is 0. The lowest BCUT2D eigenvalue weighted by Crippen LogP contribution is -2.14. The van der Waals surface area contributed by atoms with Gasteiger partial charge in [-0.3, -0.25) is 0 Å². The van der Waals surface area contributed by atoms with Crippen LogP contribution in [0.15, 0.2) is 23.1 Å². The highest BCUT2D eigenvalue weighted by atomic mass is 32.2. The number of hydrogen-bond acceptors (Lipinski definition) is 5. The van der Waals surface area contributed by atoms with Crippen LogP contribution in [-0.2, 0) is 4.74 Å². The van der Waals surface area contributed by atoms with E-state index in [1.807, 2.05) is 20.2 Å². The summed E-state index contributed by atoms with van der Waals surface area (Å²) in [6.07, 6.45) is 0. The lowest BCUT2D eigenvalue weighted by molar-refractivity contribution is 0.0526. The van der Waals surface area contributed by atoms with Gasteiger partial charge in [-0.25, -0.2) is 4.79 Å². The zero-order valence-corrected chi connectivity index (χ0v) is 11.9. The maximum absolute atomic E-state index is 11.5. The molecule has 0 bridgehead atoms. The molecule has 0 aromatic heterocycles. The van der Waals surface area contributed by atoms with Gasteiger partial charge in [0.25, 0.3) is 0 Å². The predicted molar refractivity (Wildman–Crippen MR) is 76.1 cm³/mol. The Morgan fingerprint density at radius 1 is 1.44 bits per heavy atom. The molecule has 1 aromatic rings. The van der Waals surface area contributed by atoms with Gasteiger partial charge >= 0.3 is 5.97 Å². The first-order valence-electron chi connectivity index (χ1n) is 5.88. The number of ether oxygens (including phenoxy) is 1. The molecule has 0 unspecified atom stereocenters. The lowest BCUT2D eigenvalue weighted by Gasteiger charge is -2.10. The zero-order valence-electron chi connectivity index (χ0n) is 11.1. The van der Waals surface area contributed by atoms with E-state index in [4.69, 9.17) is 10.5 Å². The largest absolute Gasteiger partial charge is 0.462 e. The molecule has 0 saturated carbocycles. The summed E-state index contributed by atoms with van der Waals surface area (Å²) in [4.78, 5) is 14.6. The Morgan fingerprint density at radius 3 is 2.72 bits per heavy atom. The fourth-order valence-electron chi connectivity index (χ4n) is 1.36. The first-order chi connectivity index (χ1) is 8.54. The third kappa shape index (κ3) is 4.58. The number of nitrogens with two attached hydrogens (primary N) is 1. The SMILES string of the molecule is CCOC(=O)c1ccc(SCCN(C)C)c(N)c1. The highest BCUT2D eigenvalue weighted by Gasteiger charge is 2.09. The highest BCUT2D eigenvalue weighted by Crippen LogP contribution is 2.26. The second-order valence-corrected chi connectivity index (χ2v) is 5.26. The molecule has 0 aliphatic rings. The molecule has 100 valence electrons. The fraction of sp³-hybridized carbons (Fsp3) is 0.462. The first-order valence-corrected chi connectivity index (χ1v) is 6.87. The molecule has 1 aromatic carbocycles. The number of carbonyl (C=O) groups is 1. The standard InChI is InChI=1S/C13H20N2O2S/c1-4-17-13(16)10-5-6-12(11(14)9-10)18-8-7-15(2)3/h5-6,9H,4,7-8,14H2,1-3H3. The minimum absolute atomic E-state index is 0.325. The predicted octanol–water partition coefficient (Wildman–Crippen LogP) is 2.10. The molecular weight excluding hydrogens is 248 g/mol. The third-order valence-corrected chi connectivity index (χ3v) is 3.39. The Bertz CT molecular complexity index is 408. The number of nitrogen functional groups attached to an aromatic ring is 1. The van der Waals surface area contributed by atoms with Crippen molar-refractivity contribution < 1.29 is 9.53 Å². The normalized spacial score (nSPS) is 10.7. The van der Waals surface area contributed by atoms with E-state index in [0.717, 1.165) is 17.2 Å². The Balaban J connectivity index is 2.65. The first kappa shape index (κ1) is 14.9. The average Bonchev–Trinajstić information content (AvgIpc) is 2.31. The molecule has 0 spiro atoms. The summed E-state index contributed by atoms with van der Waals surface area (Å²) in [6, 6.07) is 5.31. The third-order valence-electron chi connectivity index (χ3n) is 2.32. The van der Waals surface area contributed by atoms with Gasteiger partial charge in [0.05, 0.1) is 12.2 Å². The van der Waals surface area contributed by atoms with E-state index in [9.17, 15) is 4.79 Å². The molecule has 0 heterocycles. The number of carbonyl (C=O) groups excluding carboxylic acids is 1. The maximum atomic E-state index is 11.5. The van der Waals surface area contributed by atoms with E-state index < -0.39 is 0 Å². The Labute approximate surface area is 112 Å². The van der Waals surface area contributed by atoms with Crippen molar-refractivity contribution in [2.45, 2.75) is 11.8 Å². The number of benzene rings is 1. The van der Waals surface area contributed by atoms with Gasteiger partial charge in [0.1, 0.15) is 0 Å². The molecular formula is C13H20N2O2S. The van der Waals surface area contributed by atoms with E-state index in [0.29, 0.717) is 17.9 Å². The van der Waals surface area contributed by atoms with E-state index in [2.05, 4.69) is 4.90 Å². The van der Waals surface area contributed by atoms with Crippen LogP contribution in [0.3, 0.4) is 0 Å². The van der Waals surface area contributed by atoms with Gasteiger partial charge in [-0.05, 0) is 39.2 Å². The van der Waals surface area contributed by atoms with Crippen molar-refractivity contribution in [2.75, 3.05) is 38.7 Å². The van der Waals surface area contributed by atoms with Crippen molar-refractivity contribution in [3.63, 3.8) is 0 Å². The Morgan fingerprint density at radius 2 is 2.17 bits per heavy atom. The van der Waals surface area contributed by atoms with Crippen molar-refractivity contribution in [3.8, 4) is 0 Å². The summed E-state index contributed by atoms with van der Waals surface area (Å²) in [6.45, 7) is 3.15. The van der Waals surface area contributed by atoms with Crippen molar-refractivity contribution in [1.29, 1.82) is 0 Å². The quantitative estimate of drug-likeness (QED) is 0.486. The van der Waals surface area contributed by atoms with Crippen LogP contribution in [0, 0.1) is 0 Å². The Kier molecular flexibility index (Phi) is 6.01. The number of hydrogen-bond donors (Lipinski definition) is 1. The molecule has 2 N–H and O–H groups in total. The molecule has 4 nitrogen and oxygen atoms in total. The topological polar surface area (TPSA) is 55.6 Å². The van der Waals surface area contributed by atoms with Crippen molar-refractivity contribution >= 4 is 23.4 Å². The number of esters is 1. The van der Waals surface area contributed by atoms with Crippen molar-refractivity contribution in [3.05, 3.63) is 23.8 Å². The average molecular weight is 268 g/mol. The fourth-order valence-corrected chi connectivity index (χ4v) is 2.43. The molecule has 1 rings (SSSR count). The summed E-state index contributed by atoms with van der Waals surface area (Å²) >= 11 is 1.69. The van der Waals surface area contributed by atoms with Gasteiger partial charge < -0.3 is 15.4 Å². The van der Waals surface area contributed by atoms with E-state index in [-0.39, 0.29) is 5.97 Å². The molecule has 0 amide bonds. The van der Waals surface area contributed by atoms with Gasteiger partial charge in [-0.2, -0.15) is 0 Å². The zero-order chi connectivity index (χ0) is 13.5. The number of nitrogens with zero attached hydrogens (tertiary/aromatic N) is 1. The number of thioether (sulfide) groups is 1. The molecule has 0 aliphatic carbocycles. The van der Waals surface area contributed by atoms with Gasteiger partial charge in [-0.15, -0.1) is 11.8 Å². The van der Waals surface area contributed by atoms with E-state index in [1.54, 1.807) is 30.8 Å². The van der Waals surface area contributed by atoms with Gasteiger partial charge in [0.15, 0.2) is 0 Å². The lowest BCUT2D eigenvalue weighted by atomic mass is 10.2. The van der Waals surface area contributed by atoms with Crippen molar-refractivity contribution in [2.24, 2.45) is 0 Å². The van der Waals surface area contributed by atoms with Crippen molar-refractivity contribution in [1.82, 2.24) is 4.90 Å². The number of rotatable bonds is 6. The van der Waals surface area contributed by atoms with Crippen LogP contribution < -0.4 is 5.73 Å². The minimum Gasteiger partial charge on any atom is -0.462 e. The van der Waals surface area contributed by atoms with Crippen LogP contribution >= 0.6 is 11.8 Å². The summed E-state index contributed by atoms with van der Waals surface area (Å²) in [5.74, 6) is 0.643. The molecule has 0 atom stereocenters. The summed E-state index contributed by atoms with van der Waals surface area (Å²) < 4.78 is 4.93. The second kappa shape index (κ2) is 7.28. The summed E-state index contributed by atoms with van der Waals surface area (Å²) in [5.41, 5.74) is 7.06. The second-order valence-electron chi connectivity index (χ2n) is 4.12.